The van der Waals surface area contributed by atoms with Gasteiger partial charge in [-0.1, -0.05) is 19.3 Å². The second-order valence-electron chi connectivity index (χ2n) is 5.66. The van der Waals surface area contributed by atoms with E-state index in [0.29, 0.717) is 12.8 Å². The Morgan fingerprint density at radius 2 is 1.95 bits per heavy atom. The third-order valence-electron chi connectivity index (χ3n) is 3.84. The molecule has 1 saturated heterocycles. The van der Waals surface area contributed by atoms with Crippen LogP contribution in [-0.2, 0) is 9.59 Å². The minimum Gasteiger partial charge on any atom is -0.352 e. The second-order valence-corrected chi connectivity index (χ2v) is 5.66. The molecule has 0 aromatic rings. The van der Waals surface area contributed by atoms with Crippen molar-refractivity contribution in [3.05, 3.63) is 0 Å². The highest BCUT2D eigenvalue weighted by molar-refractivity contribution is 6.08. The van der Waals surface area contributed by atoms with E-state index in [9.17, 15) is 14.4 Å². The first-order chi connectivity index (χ1) is 8.95. The molecule has 2 N–H and O–H groups in total. The van der Waals surface area contributed by atoms with Crippen molar-refractivity contribution in [3.8, 4) is 0 Å². The lowest BCUT2D eigenvalue weighted by Gasteiger charge is -2.37. The van der Waals surface area contributed by atoms with Crippen molar-refractivity contribution >= 4 is 17.8 Å². The van der Waals surface area contributed by atoms with Crippen LogP contribution in [0.3, 0.4) is 0 Å². The van der Waals surface area contributed by atoms with Crippen LogP contribution in [0.2, 0.25) is 0 Å². The Labute approximate surface area is 112 Å². The van der Waals surface area contributed by atoms with Crippen LogP contribution in [0.15, 0.2) is 0 Å². The number of carbonyl (C=O) groups is 3. The lowest BCUT2D eigenvalue weighted by atomic mass is 9.80. The largest absolute Gasteiger partial charge is 0.352 e. The molecular formula is C13H21N3O3. The molecule has 19 heavy (non-hydrogen) atoms. The standard InChI is InChI=1S/C13H21N3O3/c1-9(2)14-10(17)8-16-12(19)15-11(18)13(16)6-4-3-5-7-13/h9H,3-8H2,1-2H3,(H,14,17)(H,15,18,19). The van der Waals surface area contributed by atoms with E-state index in [2.05, 4.69) is 10.6 Å². The summed E-state index contributed by atoms with van der Waals surface area (Å²) in [6, 6.07) is -0.415. The summed E-state index contributed by atoms with van der Waals surface area (Å²) in [5.74, 6) is -0.459. The minimum atomic E-state index is -0.788. The van der Waals surface area contributed by atoms with Crippen molar-refractivity contribution < 1.29 is 14.4 Å². The molecule has 4 amide bonds. The molecule has 0 unspecified atom stereocenters. The third kappa shape index (κ3) is 2.57. The molecule has 6 nitrogen and oxygen atoms in total. The zero-order valence-electron chi connectivity index (χ0n) is 11.5. The molecule has 106 valence electrons. The van der Waals surface area contributed by atoms with Gasteiger partial charge in [-0.25, -0.2) is 4.79 Å². The van der Waals surface area contributed by atoms with Gasteiger partial charge in [0.05, 0.1) is 0 Å². The predicted octanol–water partition coefficient (Wildman–Crippen LogP) is 0.766. The number of imide groups is 1. The summed E-state index contributed by atoms with van der Waals surface area (Å²) in [6.07, 6.45) is 4.22. The molecule has 1 saturated carbocycles. The SMILES string of the molecule is CC(C)NC(=O)CN1C(=O)NC(=O)C12CCCCC2. The van der Waals surface area contributed by atoms with Gasteiger partial charge in [-0.3, -0.25) is 14.9 Å². The molecule has 0 aromatic carbocycles. The molecule has 1 aliphatic carbocycles. The summed E-state index contributed by atoms with van der Waals surface area (Å²) in [7, 11) is 0. The molecule has 0 radical (unpaired) electrons. The van der Waals surface area contributed by atoms with Crippen LogP contribution >= 0.6 is 0 Å². The molecular weight excluding hydrogens is 246 g/mol. The second kappa shape index (κ2) is 5.19. The van der Waals surface area contributed by atoms with Crippen LogP contribution in [0.25, 0.3) is 0 Å². The van der Waals surface area contributed by atoms with Crippen molar-refractivity contribution in [2.45, 2.75) is 57.5 Å². The average molecular weight is 267 g/mol. The summed E-state index contributed by atoms with van der Waals surface area (Å²) in [5.41, 5.74) is -0.788. The van der Waals surface area contributed by atoms with Crippen LogP contribution < -0.4 is 10.6 Å². The normalized spacial score (nSPS) is 21.9. The average Bonchev–Trinajstić information content (AvgIpc) is 2.54. The highest BCUT2D eigenvalue weighted by Crippen LogP contribution is 2.36. The Morgan fingerprint density at radius 3 is 2.53 bits per heavy atom. The smallest absolute Gasteiger partial charge is 0.325 e. The molecule has 0 aromatic heterocycles. The number of rotatable bonds is 3. The Hall–Kier alpha value is -1.59. The Balaban J connectivity index is 2.13. The first kappa shape index (κ1) is 13.8. The van der Waals surface area contributed by atoms with Gasteiger partial charge in [0.15, 0.2) is 0 Å². The van der Waals surface area contributed by atoms with E-state index in [1.54, 1.807) is 0 Å². The molecule has 0 bridgehead atoms. The number of nitrogens with zero attached hydrogens (tertiary/aromatic N) is 1. The van der Waals surface area contributed by atoms with Gasteiger partial charge in [-0.2, -0.15) is 0 Å². The summed E-state index contributed by atoms with van der Waals surface area (Å²) < 4.78 is 0. The monoisotopic (exact) mass is 267 g/mol. The van der Waals surface area contributed by atoms with Gasteiger partial charge in [-0.15, -0.1) is 0 Å². The van der Waals surface area contributed by atoms with Crippen molar-refractivity contribution in [1.82, 2.24) is 15.5 Å². The van der Waals surface area contributed by atoms with E-state index in [1.807, 2.05) is 13.8 Å². The van der Waals surface area contributed by atoms with Gasteiger partial charge >= 0.3 is 6.03 Å². The zero-order chi connectivity index (χ0) is 14.0. The van der Waals surface area contributed by atoms with Gasteiger partial charge in [0.1, 0.15) is 12.1 Å². The first-order valence-electron chi connectivity index (χ1n) is 6.88. The van der Waals surface area contributed by atoms with E-state index in [0.717, 1.165) is 19.3 Å². The topological polar surface area (TPSA) is 78.5 Å². The van der Waals surface area contributed by atoms with Crippen LogP contribution in [0.5, 0.6) is 0 Å². The van der Waals surface area contributed by atoms with E-state index >= 15 is 0 Å². The molecule has 2 fully saturated rings. The molecule has 2 aliphatic rings. The van der Waals surface area contributed by atoms with Crippen molar-refractivity contribution in [1.29, 1.82) is 0 Å². The fraction of sp³-hybridized carbons (Fsp3) is 0.769. The van der Waals surface area contributed by atoms with Gasteiger partial charge in [-0.05, 0) is 26.7 Å². The van der Waals surface area contributed by atoms with Crippen LogP contribution in [0, 0.1) is 0 Å². The maximum atomic E-state index is 12.1. The molecule has 0 atom stereocenters. The summed E-state index contributed by atoms with van der Waals surface area (Å²) in [4.78, 5) is 37.2. The molecule has 1 aliphatic heterocycles. The Kier molecular flexibility index (Phi) is 3.78. The Morgan fingerprint density at radius 1 is 1.32 bits per heavy atom. The summed E-state index contributed by atoms with van der Waals surface area (Å²) >= 11 is 0. The number of carbonyl (C=O) groups excluding carboxylic acids is 3. The van der Waals surface area contributed by atoms with Gasteiger partial charge < -0.3 is 10.2 Å². The maximum absolute atomic E-state index is 12.1. The van der Waals surface area contributed by atoms with Crippen LogP contribution in [-0.4, -0.2) is 40.9 Å². The zero-order valence-corrected chi connectivity index (χ0v) is 11.5. The van der Waals surface area contributed by atoms with E-state index < -0.39 is 11.6 Å². The fourth-order valence-corrected chi connectivity index (χ4v) is 2.97. The number of amides is 4. The van der Waals surface area contributed by atoms with Crippen molar-refractivity contribution in [3.63, 3.8) is 0 Å². The Bertz CT molecular complexity index is 400. The van der Waals surface area contributed by atoms with E-state index in [4.69, 9.17) is 0 Å². The molecule has 1 heterocycles. The number of hydrogen-bond acceptors (Lipinski definition) is 3. The predicted molar refractivity (Wildman–Crippen MR) is 69.3 cm³/mol. The summed E-state index contributed by atoms with van der Waals surface area (Å²) in [5, 5.41) is 5.11. The van der Waals surface area contributed by atoms with Crippen LogP contribution in [0.1, 0.15) is 46.0 Å². The molecule has 1 spiro atoms. The van der Waals surface area contributed by atoms with E-state index in [1.165, 1.54) is 4.90 Å². The van der Waals surface area contributed by atoms with Gasteiger partial charge in [0.2, 0.25) is 5.91 Å². The highest BCUT2D eigenvalue weighted by atomic mass is 16.2. The summed E-state index contributed by atoms with van der Waals surface area (Å²) in [6.45, 7) is 3.68. The third-order valence-corrected chi connectivity index (χ3v) is 3.84. The molecule has 2 rings (SSSR count). The number of nitrogens with one attached hydrogen (secondary N) is 2. The van der Waals surface area contributed by atoms with Crippen molar-refractivity contribution in [2.75, 3.05) is 6.54 Å². The highest BCUT2D eigenvalue weighted by Gasteiger charge is 2.53. The minimum absolute atomic E-state index is 0.0242. The first-order valence-corrected chi connectivity index (χ1v) is 6.88. The van der Waals surface area contributed by atoms with E-state index in [-0.39, 0.29) is 24.4 Å². The lowest BCUT2D eigenvalue weighted by Crippen LogP contribution is -2.54. The molecule has 6 heteroatoms. The van der Waals surface area contributed by atoms with Crippen LogP contribution in [0.4, 0.5) is 4.79 Å². The quantitative estimate of drug-likeness (QED) is 0.741. The van der Waals surface area contributed by atoms with Gasteiger partial charge in [0.25, 0.3) is 5.91 Å². The number of hydrogen-bond donors (Lipinski definition) is 2. The van der Waals surface area contributed by atoms with Crippen molar-refractivity contribution in [2.24, 2.45) is 0 Å². The fourth-order valence-electron chi connectivity index (χ4n) is 2.97. The maximum Gasteiger partial charge on any atom is 0.325 e. The van der Waals surface area contributed by atoms with Gasteiger partial charge in [0, 0.05) is 6.04 Å². The lowest BCUT2D eigenvalue weighted by molar-refractivity contribution is -0.130. The number of urea groups is 1.